The number of nitrogens with one attached hydrogen (secondary N) is 1. The number of pyridine rings is 1. The maximum absolute atomic E-state index is 11.7. The van der Waals surface area contributed by atoms with Crippen molar-refractivity contribution >= 4 is 51.7 Å². The first kappa shape index (κ1) is 16.0. The van der Waals surface area contributed by atoms with Crippen LogP contribution >= 0.6 is 23.5 Å². The molecule has 2 aromatic heterocycles. The maximum Gasteiger partial charge on any atom is 0.290 e. The number of carbonyl (C=O) groups excluding carboxylic acids is 2. The Hall–Kier alpha value is -2.51. The minimum absolute atomic E-state index is 0.322. The predicted molar refractivity (Wildman–Crippen MR) is 100 cm³/mol. The fourth-order valence-corrected chi connectivity index (χ4v) is 3.65. The fourth-order valence-electron chi connectivity index (χ4n) is 2.58. The highest BCUT2D eigenvalue weighted by atomic mass is 32.2. The number of thioether (sulfide) groups is 2. The molecule has 25 heavy (non-hydrogen) atoms. The molecule has 0 spiro atoms. The van der Waals surface area contributed by atoms with E-state index in [0.717, 1.165) is 28.3 Å². The van der Waals surface area contributed by atoms with Crippen LogP contribution in [0.4, 0.5) is 4.79 Å². The second-order valence-electron chi connectivity index (χ2n) is 5.33. The lowest BCUT2D eigenvalue weighted by atomic mass is 10.1. The molecule has 2 amide bonds. The molecule has 3 heterocycles. The number of nitrogens with zero attached hydrogens (tertiary/aromatic N) is 1. The number of carbonyl (C=O) groups is 2. The van der Waals surface area contributed by atoms with Gasteiger partial charge in [0.15, 0.2) is 0 Å². The third-order valence-electron chi connectivity index (χ3n) is 3.76. The SMILES string of the molecule is CSc1ccc(-c2cncc3cc(C=C4SC(=O)NC4=O)oc23)cc1. The van der Waals surface area contributed by atoms with E-state index in [1.54, 1.807) is 30.2 Å². The van der Waals surface area contributed by atoms with Gasteiger partial charge in [0.25, 0.3) is 11.1 Å². The molecule has 1 N–H and O–H groups in total. The molecule has 0 bridgehead atoms. The van der Waals surface area contributed by atoms with Gasteiger partial charge in [-0.15, -0.1) is 11.8 Å². The standard InChI is InChI=1S/C18H12N2O3S2/c1-24-13-4-2-10(3-5-13)14-9-19-8-11-6-12(23-16(11)14)7-15-17(21)20-18(22)25-15/h2-9H,1H3,(H,20,21,22). The van der Waals surface area contributed by atoms with Gasteiger partial charge in [-0.3, -0.25) is 19.9 Å². The van der Waals surface area contributed by atoms with Crippen molar-refractivity contribution in [3.05, 3.63) is 53.4 Å². The van der Waals surface area contributed by atoms with Gasteiger partial charge in [-0.2, -0.15) is 0 Å². The van der Waals surface area contributed by atoms with Crippen LogP contribution in [0.3, 0.4) is 0 Å². The molecule has 124 valence electrons. The first-order valence-electron chi connectivity index (χ1n) is 7.41. The number of benzene rings is 1. The summed E-state index contributed by atoms with van der Waals surface area (Å²) in [4.78, 5) is 28.7. The lowest BCUT2D eigenvalue weighted by Crippen LogP contribution is -2.17. The summed E-state index contributed by atoms with van der Waals surface area (Å²) in [5.41, 5.74) is 2.59. The molecule has 1 aliphatic rings. The summed E-state index contributed by atoms with van der Waals surface area (Å²) in [6.07, 6.45) is 7.09. The fraction of sp³-hybridized carbons (Fsp3) is 0.0556. The molecule has 1 aliphatic heterocycles. The number of fused-ring (bicyclic) bond motifs is 1. The molecule has 1 fully saturated rings. The first-order valence-corrected chi connectivity index (χ1v) is 9.45. The molecule has 3 aromatic rings. The Labute approximate surface area is 151 Å². The Morgan fingerprint density at radius 1 is 1.20 bits per heavy atom. The van der Waals surface area contributed by atoms with Crippen LogP contribution < -0.4 is 5.32 Å². The molecule has 0 radical (unpaired) electrons. The molecule has 4 rings (SSSR count). The summed E-state index contributed by atoms with van der Waals surface area (Å²) in [6, 6.07) is 9.97. The van der Waals surface area contributed by atoms with E-state index in [2.05, 4.69) is 22.4 Å². The van der Waals surface area contributed by atoms with Gasteiger partial charge >= 0.3 is 0 Å². The summed E-state index contributed by atoms with van der Waals surface area (Å²) >= 11 is 2.55. The van der Waals surface area contributed by atoms with Crippen molar-refractivity contribution in [3.8, 4) is 11.1 Å². The molecule has 1 saturated heterocycles. The molecule has 0 saturated carbocycles. The van der Waals surface area contributed by atoms with Crippen molar-refractivity contribution in [2.75, 3.05) is 6.26 Å². The van der Waals surface area contributed by atoms with E-state index >= 15 is 0 Å². The van der Waals surface area contributed by atoms with Crippen LogP contribution in [-0.4, -0.2) is 22.4 Å². The van der Waals surface area contributed by atoms with Gasteiger partial charge < -0.3 is 4.42 Å². The Morgan fingerprint density at radius 2 is 2.00 bits per heavy atom. The number of rotatable bonds is 3. The lowest BCUT2D eigenvalue weighted by molar-refractivity contribution is -0.115. The highest BCUT2D eigenvalue weighted by Crippen LogP contribution is 2.33. The molecule has 0 aliphatic carbocycles. The largest absolute Gasteiger partial charge is 0.456 e. The Bertz CT molecular complexity index is 1020. The second kappa shape index (κ2) is 6.42. The zero-order chi connectivity index (χ0) is 17.4. The van der Waals surface area contributed by atoms with Crippen LogP contribution in [0.15, 0.2) is 56.9 Å². The molecule has 0 unspecified atom stereocenters. The minimum atomic E-state index is -0.401. The lowest BCUT2D eigenvalue weighted by Gasteiger charge is -2.03. The number of hydrogen-bond donors (Lipinski definition) is 1. The summed E-state index contributed by atoms with van der Waals surface area (Å²) in [7, 11) is 0. The van der Waals surface area contributed by atoms with Crippen molar-refractivity contribution in [1.29, 1.82) is 0 Å². The number of amides is 2. The van der Waals surface area contributed by atoms with Crippen LogP contribution in [0.25, 0.3) is 28.2 Å². The average Bonchev–Trinajstić information content (AvgIpc) is 3.17. The number of aromatic nitrogens is 1. The molecular weight excluding hydrogens is 356 g/mol. The van der Waals surface area contributed by atoms with E-state index in [9.17, 15) is 9.59 Å². The zero-order valence-corrected chi connectivity index (χ0v) is 14.7. The smallest absolute Gasteiger partial charge is 0.290 e. The maximum atomic E-state index is 11.7. The normalized spacial score (nSPS) is 16.0. The number of hydrogen-bond acceptors (Lipinski definition) is 6. The van der Waals surface area contributed by atoms with E-state index in [1.165, 1.54) is 4.90 Å². The summed E-state index contributed by atoms with van der Waals surface area (Å²) in [5, 5.41) is 2.70. The quantitative estimate of drug-likeness (QED) is 0.540. The molecular formula is C18H12N2O3S2. The Balaban J connectivity index is 1.77. The molecule has 1 aromatic carbocycles. The van der Waals surface area contributed by atoms with Gasteiger partial charge in [0.2, 0.25) is 0 Å². The summed E-state index contributed by atoms with van der Waals surface area (Å²) in [5.74, 6) is 0.110. The highest BCUT2D eigenvalue weighted by molar-refractivity contribution is 8.18. The predicted octanol–water partition coefficient (Wildman–Crippen LogP) is 4.54. The highest BCUT2D eigenvalue weighted by Gasteiger charge is 2.25. The van der Waals surface area contributed by atoms with E-state index in [0.29, 0.717) is 16.2 Å². The third-order valence-corrected chi connectivity index (χ3v) is 5.31. The van der Waals surface area contributed by atoms with Crippen molar-refractivity contribution < 1.29 is 14.0 Å². The van der Waals surface area contributed by atoms with Crippen molar-refractivity contribution in [1.82, 2.24) is 10.3 Å². The molecule has 0 atom stereocenters. The first-order chi connectivity index (χ1) is 12.1. The second-order valence-corrected chi connectivity index (χ2v) is 7.23. The number of imide groups is 1. The Kier molecular flexibility index (Phi) is 4.10. The van der Waals surface area contributed by atoms with Gasteiger partial charge in [0.1, 0.15) is 11.3 Å². The van der Waals surface area contributed by atoms with Gasteiger partial charge in [-0.1, -0.05) is 12.1 Å². The van der Waals surface area contributed by atoms with Crippen molar-refractivity contribution in [2.45, 2.75) is 4.90 Å². The molecule has 7 heteroatoms. The zero-order valence-electron chi connectivity index (χ0n) is 13.1. The van der Waals surface area contributed by atoms with Gasteiger partial charge in [-0.05, 0) is 41.8 Å². The van der Waals surface area contributed by atoms with Crippen LogP contribution in [0.5, 0.6) is 0 Å². The summed E-state index contributed by atoms with van der Waals surface area (Å²) < 4.78 is 5.93. The van der Waals surface area contributed by atoms with Gasteiger partial charge in [-0.25, -0.2) is 0 Å². The van der Waals surface area contributed by atoms with Crippen LogP contribution in [0.2, 0.25) is 0 Å². The third kappa shape index (κ3) is 3.08. The molecule has 5 nitrogen and oxygen atoms in total. The van der Waals surface area contributed by atoms with Crippen LogP contribution in [-0.2, 0) is 4.79 Å². The van der Waals surface area contributed by atoms with E-state index in [1.807, 2.05) is 24.5 Å². The van der Waals surface area contributed by atoms with Crippen molar-refractivity contribution in [3.63, 3.8) is 0 Å². The van der Waals surface area contributed by atoms with Crippen LogP contribution in [0.1, 0.15) is 5.76 Å². The van der Waals surface area contributed by atoms with E-state index in [4.69, 9.17) is 4.42 Å². The summed E-state index contributed by atoms with van der Waals surface area (Å²) in [6.45, 7) is 0. The van der Waals surface area contributed by atoms with Gasteiger partial charge in [0.05, 0.1) is 4.91 Å². The topological polar surface area (TPSA) is 72.2 Å². The van der Waals surface area contributed by atoms with Gasteiger partial charge in [0, 0.05) is 34.3 Å². The monoisotopic (exact) mass is 368 g/mol. The average molecular weight is 368 g/mol. The van der Waals surface area contributed by atoms with E-state index < -0.39 is 5.91 Å². The van der Waals surface area contributed by atoms with Crippen LogP contribution in [0, 0.1) is 0 Å². The van der Waals surface area contributed by atoms with Crippen molar-refractivity contribution in [2.24, 2.45) is 0 Å². The number of furan rings is 1. The Morgan fingerprint density at radius 3 is 2.68 bits per heavy atom. The minimum Gasteiger partial charge on any atom is -0.456 e. The van der Waals surface area contributed by atoms with E-state index in [-0.39, 0.29) is 5.24 Å².